The number of carboxylic acids is 3. The maximum absolute atomic E-state index is 10.4. The molecule has 0 spiro atoms. The molecule has 7 heteroatoms. The van der Waals surface area contributed by atoms with Gasteiger partial charge in [0.05, 0.1) is 11.9 Å². The number of ketones is 1. The summed E-state index contributed by atoms with van der Waals surface area (Å²) in [6.07, 6.45) is -0.623. The van der Waals surface area contributed by atoms with Crippen LogP contribution in [0.1, 0.15) is 33.1 Å². The molecule has 0 saturated carbocycles. The van der Waals surface area contributed by atoms with Crippen LogP contribution in [0, 0.1) is 5.92 Å². The second-order valence-corrected chi connectivity index (χ2v) is 3.13. The van der Waals surface area contributed by atoms with Crippen molar-refractivity contribution in [2.75, 3.05) is 0 Å². The van der Waals surface area contributed by atoms with Gasteiger partial charge in [-0.25, -0.2) is 0 Å². The first-order chi connectivity index (χ1) is 7.72. The number of hydrogen-bond acceptors (Lipinski definition) is 7. The molecule has 0 saturated heterocycles. The van der Waals surface area contributed by atoms with Crippen molar-refractivity contribution in [3.63, 3.8) is 0 Å². The number of aliphatic carboxylic acids is 3. The Morgan fingerprint density at radius 2 is 1.29 bits per heavy atom. The first-order valence-corrected chi connectivity index (χ1v) is 4.83. The second kappa shape index (κ2) is 9.32. The molecule has 0 aromatic rings. The summed E-state index contributed by atoms with van der Waals surface area (Å²) in [5, 5.41) is 29.0. The normalized spacial score (nSPS) is 10.7. The summed E-state index contributed by atoms with van der Waals surface area (Å²) >= 11 is 0. The van der Waals surface area contributed by atoms with Gasteiger partial charge in [0, 0.05) is 11.9 Å². The van der Waals surface area contributed by atoms with Crippen LogP contribution >= 0.6 is 0 Å². The van der Waals surface area contributed by atoms with E-state index in [4.69, 9.17) is 0 Å². The smallest absolute Gasteiger partial charge is 0.138 e. The van der Waals surface area contributed by atoms with Gasteiger partial charge >= 0.3 is 0 Å². The van der Waals surface area contributed by atoms with E-state index < -0.39 is 36.7 Å². The van der Waals surface area contributed by atoms with Gasteiger partial charge in [0.25, 0.3) is 0 Å². The van der Waals surface area contributed by atoms with Crippen LogP contribution in [0.15, 0.2) is 0 Å². The minimum Gasteiger partial charge on any atom is -0.550 e. The zero-order chi connectivity index (χ0) is 14.0. The summed E-state index contributed by atoms with van der Waals surface area (Å²) in [6.45, 7) is 2.89. The molecule has 0 aliphatic rings. The minimum absolute atomic E-state index is 0.317. The molecule has 0 heterocycles. The van der Waals surface area contributed by atoms with Crippen LogP contribution in [0.4, 0.5) is 0 Å². The van der Waals surface area contributed by atoms with Crippen molar-refractivity contribution in [1.29, 1.82) is 0 Å². The van der Waals surface area contributed by atoms with Crippen LogP contribution in [0.2, 0.25) is 0 Å². The molecule has 0 N–H and O–H groups in total. The monoisotopic (exact) mass is 245 g/mol. The standard InChI is InChI=1S/C6H10O3.C4H6O4/c1-3-5(4(2)7)6(8)9;5-3(6)1-2-4(7)8/h5H,3H2,1-2H3,(H,8,9);1-2H2,(H,5,6)(H,7,8)/p-3. The molecule has 0 aliphatic carbocycles. The Balaban J connectivity index is 0. The van der Waals surface area contributed by atoms with Crippen molar-refractivity contribution < 1.29 is 34.5 Å². The lowest BCUT2D eigenvalue weighted by Crippen LogP contribution is -2.34. The summed E-state index contributed by atoms with van der Waals surface area (Å²) in [4.78, 5) is 39.4. The number of Topliss-reactive ketones (excluding diaryl/α,β-unsaturated/α-hetero) is 1. The van der Waals surface area contributed by atoms with Gasteiger partial charge in [-0.1, -0.05) is 6.92 Å². The van der Waals surface area contributed by atoms with Crippen molar-refractivity contribution in [2.24, 2.45) is 5.92 Å². The summed E-state index contributed by atoms with van der Waals surface area (Å²) in [5.41, 5.74) is 0. The quantitative estimate of drug-likeness (QED) is 0.445. The highest BCUT2D eigenvalue weighted by Gasteiger charge is 2.11. The fourth-order valence-electron chi connectivity index (χ4n) is 0.824. The number of rotatable bonds is 6. The van der Waals surface area contributed by atoms with Gasteiger partial charge < -0.3 is 29.7 Å². The number of carbonyl (C=O) groups is 4. The van der Waals surface area contributed by atoms with E-state index in [1.54, 1.807) is 6.92 Å². The zero-order valence-electron chi connectivity index (χ0n) is 9.56. The number of carbonyl (C=O) groups excluding carboxylic acids is 4. The Bertz CT molecular complexity index is 267. The molecule has 0 fully saturated rings. The van der Waals surface area contributed by atoms with E-state index in [2.05, 4.69) is 0 Å². The molecule has 0 amide bonds. The van der Waals surface area contributed by atoms with E-state index in [0.29, 0.717) is 6.42 Å². The van der Waals surface area contributed by atoms with Crippen molar-refractivity contribution in [2.45, 2.75) is 33.1 Å². The average Bonchev–Trinajstić information content (AvgIpc) is 2.15. The molecule has 0 aliphatic heterocycles. The third-order valence-corrected chi connectivity index (χ3v) is 1.72. The summed E-state index contributed by atoms with van der Waals surface area (Å²) < 4.78 is 0. The number of hydrogen-bond donors (Lipinski definition) is 0. The van der Waals surface area contributed by atoms with Crippen LogP contribution in [-0.4, -0.2) is 23.7 Å². The lowest BCUT2D eigenvalue weighted by molar-refractivity contribution is -0.315. The van der Waals surface area contributed by atoms with Crippen LogP contribution < -0.4 is 15.3 Å². The molecule has 0 rings (SSSR count). The van der Waals surface area contributed by atoms with E-state index in [0.717, 1.165) is 0 Å². The Kier molecular flexibility index (Phi) is 9.58. The first-order valence-electron chi connectivity index (χ1n) is 4.83. The van der Waals surface area contributed by atoms with Crippen molar-refractivity contribution in [3.05, 3.63) is 0 Å². The fraction of sp³-hybridized carbons (Fsp3) is 0.600. The van der Waals surface area contributed by atoms with Crippen molar-refractivity contribution >= 4 is 23.7 Å². The molecule has 0 aromatic heterocycles. The van der Waals surface area contributed by atoms with E-state index in [-0.39, 0.29) is 5.78 Å². The van der Waals surface area contributed by atoms with Gasteiger partial charge in [0.15, 0.2) is 0 Å². The lowest BCUT2D eigenvalue weighted by Gasteiger charge is -2.10. The van der Waals surface area contributed by atoms with E-state index >= 15 is 0 Å². The summed E-state index contributed by atoms with van der Waals surface area (Å²) in [7, 11) is 0. The fourth-order valence-corrected chi connectivity index (χ4v) is 0.824. The van der Waals surface area contributed by atoms with E-state index in [1.165, 1.54) is 6.92 Å². The summed E-state index contributed by atoms with van der Waals surface area (Å²) in [5.74, 6) is -5.25. The highest BCUT2D eigenvalue weighted by Crippen LogP contribution is 2.00. The predicted octanol–water partition coefficient (Wildman–Crippen LogP) is -3.38. The maximum Gasteiger partial charge on any atom is 0.138 e. The van der Waals surface area contributed by atoms with E-state index in [1.807, 2.05) is 0 Å². The Morgan fingerprint density at radius 3 is 1.35 bits per heavy atom. The van der Waals surface area contributed by atoms with Gasteiger partial charge in [0.2, 0.25) is 0 Å². The van der Waals surface area contributed by atoms with Crippen LogP contribution in [-0.2, 0) is 19.2 Å². The van der Waals surface area contributed by atoms with Crippen molar-refractivity contribution in [1.82, 2.24) is 0 Å². The molecular weight excluding hydrogens is 232 g/mol. The summed E-state index contributed by atoms with van der Waals surface area (Å²) in [6, 6.07) is 0. The zero-order valence-corrected chi connectivity index (χ0v) is 9.56. The molecule has 1 atom stereocenters. The molecule has 17 heavy (non-hydrogen) atoms. The van der Waals surface area contributed by atoms with Gasteiger partial charge in [-0.05, 0) is 26.2 Å². The predicted molar refractivity (Wildman–Crippen MR) is 48.7 cm³/mol. The lowest BCUT2D eigenvalue weighted by atomic mass is 10.0. The molecular formula is C10H13O7-3. The van der Waals surface area contributed by atoms with Gasteiger partial charge in [-0.15, -0.1) is 0 Å². The number of carboxylic acid groups (broad SMARTS) is 3. The van der Waals surface area contributed by atoms with Crippen LogP contribution in [0.25, 0.3) is 0 Å². The third kappa shape index (κ3) is 12.0. The van der Waals surface area contributed by atoms with Gasteiger partial charge in [-0.3, -0.25) is 4.79 Å². The SMILES string of the molecule is CCC(C(C)=O)C(=O)[O-].O=C([O-])CCC(=O)[O-]. The average molecular weight is 245 g/mol. The maximum atomic E-state index is 10.4. The highest BCUT2D eigenvalue weighted by molar-refractivity contribution is 5.95. The Labute approximate surface area is 98.1 Å². The molecule has 98 valence electrons. The Hall–Kier alpha value is -1.92. The topological polar surface area (TPSA) is 137 Å². The third-order valence-electron chi connectivity index (χ3n) is 1.72. The minimum atomic E-state index is -1.37. The van der Waals surface area contributed by atoms with Gasteiger partial charge in [0.1, 0.15) is 5.78 Å². The second-order valence-electron chi connectivity index (χ2n) is 3.13. The van der Waals surface area contributed by atoms with Crippen LogP contribution in [0.5, 0.6) is 0 Å². The van der Waals surface area contributed by atoms with Crippen LogP contribution in [0.3, 0.4) is 0 Å². The van der Waals surface area contributed by atoms with Gasteiger partial charge in [-0.2, -0.15) is 0 Å². The van der Waals surface area contributed by atoms with Crippen molar-refractivity contribution in [3.8, 4) is 0 Å². The molecule has 1 unspecified atom stereocenters. The largest absolute Gasteiger partial charge is 0.550 e. The molecule has 0 radical (unpaired) electrons. The van der Waals surface area contributed by atoms with E-state index in [9.17, 15) is 34.5 Å². The molecule has 7 nitrogen and oxygen atoms in total. The first kappa shape index (κ1) is 17.5. The Morgan fingerprint density at radius 1 is 0.941 bits per heavy atom. The molecule has 0 aromatic carbocycles. The molecule has 0 bridgehead atoms. The highest BCUT2D eigenvalue weighted by atomic mass is 16.4.